The van der Waals surface area contributed by atoms with Crippen molar-refractivity contribution >= 4 is 15.9 Å². The van der Waals surface area contributed by atoms with E-state index >= 15 is 0 Å². The van der Waals surface area contributed by atoms with Gasteiger partial charge in [0.2, 0.25) is 15.9 Å². The van der Waals surface area contributed by atoms with Crippen molar-refractivity contribution in [2.45, 2.75) is 50.5 Å². The molecular weight excluding hydrogens is 288 g/mol. The highest BCUT2D eigenvalue weighted by molar-refractivity contribution is 7.89. The average molecular weight is 310 g/mol. The van der Waals surface area contributed by atoms with Crippen molar-refractivity contribution < 1.29 is 13.2 Å². The first-order valence-electron chi connectivity index (χ1n) is 7.25. The zero-order chi connectivity index (χ0) is 15.5. The van der Waals surface area contributed by atoms with Gasteiger partial charge in [0.1, 0.15) is 0 Å². The first-order valence-corrected chi connectivity index (χ1v) is 8.73. The lowest BCUT2D eigenvalue weighted by atomic mass is 10.2. The van der Waals surface area contributed by atoms with Gasteiger partial charge in [0.05, 0.1) is 11.4 Å². The number of sulfonamides is 1. The molecule has 0 heterocycles. The van der Waals surface area contributed by atoms with Gasteiger partial charge < -0.3 is 5.32 Å². The molecule has 1 aromatic carbocycles. The molecule has 1 amide bonds. The molecule has 0 atom stereocenters. The summed E-state index contributed by atoms with van der Waals surface area (Å²) in [4.78, 5) is 12.0. The molecule has 1 saturated carbocycles. The van der Waals surface area contributed by atoms with Gasteiger partial charge in [-0.25, -0.2) is 13.1 Å². The molecule has 6 heteroatoms. The number of carbonyl (C=O) groups is 1. The lowest BCUT2D eigenvalue weighted by molar-refractivity contribution is -0.120. The Kier molecular flexibility index (Phi) is 5.00. The normalized spacial score (nSPS) is 16.1. The highest BCUT2D eigenvalue weighted by Crippen LogP contribution is 2.18. The minimum atomic E-state index is -3.65. The zero-order valence-corrected chi connectivity index (χ0v) is 13.3. The van der Waals surface area contributed by atoms with Gasteiger partial charge in [-0.05, 0) is 43.9 Å². The molecule has 2 rings (SSSR count). The van der Waals surface area contributed by atoms with Gasteiger partial charge >= 0.3 is 0 Å². The Labute approximate surface area is 126 Å². The molecule has 21 heavy (non-hydrogen) atoms. The van der Waals surface area contributed by atoms with E-state index in [2.05, 4.69) is 10.0 Å². The van der Waals surface area contributed by atoms with Gasteiger partial charge in [-0.3, -0.25) is 4.79 Å². The van der Waals surface area contributed by atoms with Gasteiger partial charge in [-0.2, -0.15) is 0 Å². The summed E-state index contributed by atoms with van der Waals surface area (Å²) in [5.74, 6) is -0.268. The van der Waals surface area contributed by atoms with Crippen LogP contribution >= 0.6 is 0 Å². The number of amides is 1. The Balaban J connectivity index is 1.97. The number of aryl methyl sites for hydroxylation is 2. The highest BCUT2D eigenvalue weighted by Gasteiger charge is 2.20. The Hall–Kier alpha value is -1.40. The molecule has 0 bridgehead atoms. The third-order valence-corrected chi connectivity index (χ3v) is 5.32. The smallest absolute Gasteiger partial charge is 0.241 e. The fourth-order valence-corrected chi connectivity index (χ4v) is 3.89. The van der Waals surface area contributed by atoms with Gasteiger partial charge in [0.15, 0.2) is 0 Å². The third-order valence-electron chi connectivity index (χ3n) is 3.78. The number of hydrogen-bond donors (Lipinski definition) is 2. The molecule has 1 aliphatic carbocycles. The second kappa shape index (κ2) is 6.58. The molecule has 0 radical (unpaired) electrons. The molecule has 0 aromatic heterocycles. The molecule has 5 nitrogen and oxygen atoms in total. The molecule has 2 N–H and O–H groups in total. The number of carbonyl (C=O) groups excluding carboxylic acids is 1. The predicted octanol–water partition coefficient (Wildman–Crippen LogP) is 1.64. The van der Waals surface area contributed by atoms with E-state index in [0.29, 0.717) is 5.56 Å². The standard InChI is InChI=1S/C15H22N2O3S/c1-11-7-8-12(2)14(9-11)21(19,20)16-10-15(18)17-13-5-3-4-6-13/h7-9,13,16H,3-6,10H2,1-2H3,(H,17,18). The van der Waals surface area contributed by atoms with Crippen LogP contribution in [0.5, 0.6) is 0 Å². The maximum absolute atomic E-state index is 12.3. The van der Waals surface area contributed by atoms with Crippen LogP contribution < -0.4 is 10.0 Å². The van der Waals surface area contributed by atoms with Crippen LogP contribution in [0.15, 0.2) is 23.1 Å². The number of benzene rings is 1. The van der Waals surface area contributed by atoms with E-state index in [4.69, 9.17) is 0 Å². The first-order chi connectivity index (χ1) is 9.88. The van der Waals surface area contributed by atoms with Crippen molar-refractivity contribution in [3.8, 4) is 0 Å². The molecule has 1 aromatic rings. The number of rotatable bonds is 5. The molecule has 0 unspecified atom stereocenters. The summed E-state index contributed by atoms with van der Waals surface area (Å²) in [6.45, 7) is 3.37. The van der Waals surface area contributed by atoms with Crippen molar-refractivity contribution in [2.75, 3.05) is 6.54 Å². The van der Waals surface area contributed by atoms with E-state index in [-0.39, 0.29) is 23.4 Å². The van der Waals surface area contributed by atoms with Crippen molar-refractivity contribution in [3.63, 3.8) is 0 Å². The summed E-state index contributed by atoms with van der Waals surface area (Å²) in [6, 6.07) is 5.44. The van der Waals surface area contributed by atoms with E-state index < -0.39 is 10.0 Å². The van der Waals surface area contributed by atoms with Crippen LogP contribution in [0, 0.1) is 13.8 Å². The van der Waals surface area contributed by atoms with Gasteiger partial charge in [0.25, 0.3) is 0 Å². The SMILES string of the molecule is Cc1ccc(C)c(S(=O)(=O)NCC(=O)NC2CCCC2)c1. The van der Waals surface area contributed by atoms with Gasteiger partial charge in [-0.15, -0.1) is 0 Å². The molecule has 116 valence electrons. The summed E-state index contributed by atoms with van der Waals surface area (Å²) in [5, 5.41) is 2.86. The molecular formula is C15H22N2O3S. The lowest BCUT2D eigenvalue weighted by Gasteiger charge is -2.13. The molecule has 0 saturated heterocycles. The lowest BCUT2D eigenvalue weighted by Crippen LogP contribution is -2.41. The van der Waals surface area contributed by atoms with Crippen molar-refractivity contribution in [3.05, 3.63) is 29.3 Å². The van der Waals surface area contributed by atoms with Crippen LogP contribution in [-0.4, -0.2) is 26.9 Å². The van der Waals surface area contributed by atoms with E-state index in [9.17, 15) is 13.2 Å². The molecule has 1 fully saturated rings. The van der Waals surface area contributed by atoms with Crippen LogP contribution in [0.4, 0.5) is 0 Å². The fraction of sp³-hybridized carbons (Fsp3) is 0.533. The minimum absolute atomic E-state index is 0.197. The van der Waals surface area contributed by atoms with Crippen molar-refractivity contribution in [2.24, 2.45) is 0 Å². The van der Waals surface area contributed by atoms with Crippen LogP contribution in [0.2, 0.25) is 0 Å². The Morgan fingerprint density at radius 2 is 1.90 bits per heavy atom. The maximum Gasteiger partial charge on any atom is 0.241 e. The molecule has 0 aliphatic heterocycles. The Morgan fingerprint density at radius 1 is 1.24 bits per heavy atom. The van der Waals surface area contributed by atoms with Crippen LogP contribution in [0.3, 0.4) is 0 Å². The minimum Gasteiger partial charge on any atom is -0.352 e. The summed E-state index contributed by atoms with van der Waals surface area (Å²) in [6.07, 6.45) is 4.21. The van der Waals surface area contributed by atoms with Gasteiger partial charge in [-0.1, -0.05) is 25.0 Å². The van der Waals surface area contributed by atoms with Crippen LogP contribution in [-0.2, 0) is 14.8 Å². The predicted molar refractivity (Wildman–Crippen MR) is 81.5 cm³/mol. The molecule has 1 aliphatic rings. The summed E-state index contributed by atoms with van der Waals surface area (Å²) >= 11 is 0. The molecule has 0 spiro atoms. The summed E-state index contributed by atoms with van der Waals surface area (Å²) in [7, 11) is -3.65. The maximum atomic E-state index is 12.3. The number of hydrogen-bond acceptors (Lipinski definition) is 3. The monoisotopic (exact) mass is 310 g/mol. The van der Waals surface area contributed by atoms with Crippen LogP contribution in [0.1, 0.15) is 36.8 Å². The Morgan fingerprint density at radius 3 is 2.57 bits per heavy atom. The zero-order valence-electron chi connectivity index (χ0n) is 12.5. The largest absolute Gasteiger partial charge is 0.352 e. The third kappa shape index (κ3) is 4.28. The quantitative estimate of drug-likeness (QED) is 0.868. The topological polar surface area (TPSA) is 75.3 Å². The van der Waals surface area contributed by atoms with E-state index in [1.54, 1.807) is 19.1 Å². The second-order valence-electron chi connectivity index (χ2n) is 5.64. The van der Waals surface area contributed by atoms with E-state index in [1.807, 2.05) is 13.0 Å². The highest BCUT2D eigenvalue weighted by atomic mass is 32.2. The van der Waals surface area contributed by atoms with E-state index in [1.165, 1.54) is 0 Å². The number of nitrogens with one attached hydrogen (secondary N) is 2. The fourth-order valence-electron chi connectivity index (χ4n) is 2.58. The first kappa shape index (κ1) is 16.0. The van der Waals surface area contributed by atoms with Gasteiger partial charge in [0, 0.05) is 6.04 Å². The average Bonchev–Trinajstić information content (AvgIpc) is 2.92. The van der Waals surface area contributed by atoms with Crippen LogP contribution in [0.25, 0.3) is 0 Å². The van der Waals surface area contributed by atoms with Crippen molar-refractivity contribution in [1.82, 2.24) is 10.0 Å². The van der Waals surface area contributed by atoms with E-state index in [0.717, 1.165) is 31.2 Å². The summed E-state index contributed by atoms with van der Waals surface area (Å²) < 4.78 is 26.9. The second-order valence-corrected chi connectivity index (χ2v) is 7.38. The summed E-state index contributed by atoms with van der Waals surface area (Å²) in [5.41, 5.74) is 1.54. The van der Waals surface area contributed by atoms with Crippen molar-refractivity contribution in [1.29, 1.82) is 0 Å². The Bertz CT molecular complexity index is 620.